The molecule has 0 saturated carbocycles. The third-order valence-corrected chi connectivity index (χ3v) is 9.28. The van der Waals surface area contributed by atoms with Crippen LogP contribution in [-0.4, -0.2) is 39.9 Å². The quantitative estimate of drug-likeness (QED) is 0.159. The first-order chi connectivity index (χ1) is 26.7. The molecular formula is C46H32N8Ru+2. The van der Waals surface area contributed by atoms with Crippen molar-refractivity contribution in [2.75, 3.05) is 0 Å². The van der Waals surface area contributed by atoms with Crippen LogP contribution in [0.4, 0.5) is 0 Å². The number of aromatic nitrogens is 8. The van der Waals surface area contributed by atoms with Crippen molar-refractivity contribution >= 4 is 43.9 Å². The zero-order chi connectivity index (χ0) is 36.1. The van der Waals surface area contributed by atoms with E-state index in [1.165, 1.54) is 11.1 Å². The Morgan fingerprint density at radius 2 is 0.745 bits per heavy atom. The summed E-state index contributed by atoms with van der Waals surface area (Å²) in [7, 11) is 0. The van der Waals surface area contributed by atoms with Gasteiger partial charge in [-0.05, 0) is 109 Å². The molecule has 0 N–H and O–H groups in total. The Bertz CT molecular complexity index is 2710. The van der Waals surface area contributed by atoms with E-state index in [2.05, 4.69) is 78.4 Å². The molecule has 8 nitrogen and oxygen atoms in total. The molecule has 8 aromatic heterocycles. The Morgan fingerprint density at radius 1 is 0.327 bits per heavy atom. The zero-order valence-corrected chi connectivity index (χ0v) is 31.2. The summed E-state index contributed by atoms with van der Waals surface area (Å²) < 4.78 is 0. The van der Waals surface area contributed by atoms with Crippen molar-refractivity contribution in [2.24, 2.45) is 0 Å². The molecule has 0 amide bonds. The molecule has 11 rings (SSSR count). The number of hydrogen-bond acceptors (Lipinski definition) is 8. The minimum Gasteiger partial charge on any atom is -0.255 e. The van der Waals surface area contributed by atoms with Gasteiger partial charge in [0.05, 0.1) is 45.2 Å². The summed E-state index contributed by atoms with van der Waals surface area (Å²) in [4.78, 5) is 36.0. The standard InChI is InChI=1S/C18H12N4.C18H12N2.C10H8N2.Ru/c1-3-13-9-11-5-6-12-10-14-4-2-8-20-18(14)22-16(12)15(11)21-17(13)19-7-1;1-3-7-15-13(5-1)9-11-17(19-15)18-12-10-14-6-2-4-8-16(14)20-18;1-3-7-11-9(5-1)10-6-2-4-8-12-10;/h1-4,7-10H,5-6H2;1-12H;1-8H;/q;;;+2. The topological polar surface area (TPSA) is 103 Å². The zero-order valence-electron chi connectivity index (χ0n) is 29.5. The molecule has 0 radical (unpaired) electrons. The van der Waals surface area contributed by atoms with Gasteiger partial charge in [-0.25, -0.2) is 29.9 Å². The van der Waals surface area contributed by atoms with Gasteiger partial charge < -0.3 is 0 Å². The van der Waals surface area contributed by atoms with E-state index in [-0.39, 0.29) is 19.5 Å². The van der Waals surface area contributed by atoms with E-state index in [9.17, 15) is 0 Å². The molecule has 262 valence electrons. The van der Waals surface area contributed by atoms with E-state index in [0.717, 1.165) is 90.9 Å². The fraction of sp³-hybridized carbons (Fsp3) is 0.0435. The summed E-state index contributed by atoms with van der Waals surface area (Å²) in [6.45, 7) is 0. The van der Waals surface area contributed by atoms with Gasteiger partial charge in [0.2, 0.25) is 0 Å². The molecule has 55 heavy (non-hydrogen) atoms. The van der Waals surface area contributed by atoms with Crippen LogP contribution < -0.4 is 0 Å². The van der Waals surface area contributed by atoms with Gasteiger partial charge in [0.15, 0.2) is 11.3 Å². The second-order valence-corrected chi connectivity index (χ2v) is 12.8. The largest absolute Gasteiger partial charge is 2.00 e. The van der Waals surface area contributed by atoms with Crippen LogP contribution in [0.5, 0.6) is 0 Å². The summed E-state index contributed by atoms with van der Waals surface area (Å²) in [6.07, 6.45) is 9.08. The Kier molecular flexibility index (Phi) is 10.4. The van der Waals surface area contributed by atoms with Gasteiger partial charge >= 0.3 is 19.5 Å². The van der Waals surface area contributed by atoms with Crippen LogP contribution in [0.3, 0.4) is 0 Å². The summed E-state index contributed by atoms with van der Waals surface area (Å²) in [5, 5.41) is 4.47. The predicted molar refractivity (Wildman–Crippen MR) is 215 cm³/mol. The molecule has 10 aromatic rings. The number of aryl methyl sites for hydroxylation is 2. The SMILES string of the molecule is [Ru+2].c1ccc(-c2ccccn2)nc1.c1ccc2nc(-c3ccc4ccccc4n3)ccc2c1.c1cnc2nc3c(cc2c1)CCc1cc2cccnc2nc1-3. The summed E-state index contributed by atoms with van der Waals surface area (Å²) in [6, 6.07) is 48.5. The fourth-order valence-electron chi connectivity index (χ4n) is 6.60. The molecule has 0 bridgehead atoms. The first kappa shape index (κ1) is 35.3. The smallest absolute Gasteiger partial charge is 0.255 e. The van der Waals surface area contributed by atoms with Crippen LogP contribution in [0.2, 0.25) is 0 Å². The summed E-state index contributed by atoms with van der Waals surface area (Å²) >= 11 is 0. The van der Waals surface area contributed by atoms with Gasteiger partial charge in [0.25, 0.3) is 0 Å². The van der Waals surface area contributed by atoms with Crippen LogP contribution >= 0.6 is 0 Å². The van der Waals surface area contributed by atoms with Gasteiger partial charge in [0, 0.05) is 46.3 Å². The van der Waals surface area contributed by atoms with Crippen LogP contribution in [0.15, 0.2) is 170 Å². The molecule has 0 saturated heterocycles. The maximum absolute atomic E-state index is 4.76. The maximum Gasteiger partial charge on any atom is 2.00 e. The molecule has 0 spiro atoms. The summed E-state index contributed by atoms with van der Waals surface area (Å²) in [5.74, 6) is 0. The minimum atomic E-state index is 0. The number of nitrogens with zero attached hydrogens (tertiary/aromatic N) is 8. The number of para-hydroxylation sites is 2. The van der Waals surface area contributed by atoms with Crippen LogP contribution in [0, 0.1) is 0 Å². The number of benzene rings is 2. The normalized spacial score (nSPS) is 11.3. The van der Waals surface area contributed by atoms with Crippen LogP contribution in [-0.2, 0) is 32.3 Å². The van der Waals surface area contributed by atoms with E-state index in [1.54, 1.807) is 24.8 Å². The van der Waals surface area contributed by atoms with Gasteiger partial charge in [0.1, 0.15) is 0 Å². The van der Waals surface area contributed by atoms with Crippen molar-refractivity contribution in [3.63, 3.8) is 0 Å². The van der Waals surface area contributed by atoms with E-state index < -0.39 is 0 Å². The molecule has 8 heterocycles. The molecule has 0 unspecified atom stereocenters. The number of fused-ring (bicyclic) bond motifs is 7. The van der Waals surface area contributed by atoms with Crippen molar-refractivity contribution in [1.82, 2.24) is 39.9 Å². The van der Waals surface area contributed by atoms with Crippen molar-refractivity contribution in [2.45, 2.75) is 12.8 Å². The number of pyridine rings is 8. The van der Waals surface area contributed by atoms with Gasteiger partial charge in [-0.2, -0.15) is 0 Å². The van der Waals surface area contributed by atoms with Gasteiger partial charge in [-0.1, -0.05) is 60.7 Å². The number of rotatable bonds is 2. The second kappa shape index (κ2) is 16.1. The van der Waals surface area contributed by atoms with Crippen molar-refractivity contribution in [1.29, 1.82) is 0 Å². The fourth-order valence-corrected chi connectivity index (χ4v) is 6.60. The molecule has 2 aromatic carbocycles. The molecule has 0 aliphatic heterocycles. The van der Waals surface area contributed by atoms with E-state index >= 15 is 0 Å². The van der Waals surface area contributed by atoms with E-state index in [4.69, 9.17) is 9.97 Å². The molecule has 0 atom stereocenters. The van der Waals surface area contributed by atoms with Crippen molar-refractivity contribution in [3.8, 4) is 34.2 Å². The van der Waals surface area contributed by atoms with E-state index in [0.29, 0.717) is 0 Å². The first-order valence-corrected chi connectivity index (χ1v) is 17.8. The van der Waals surface area contributed by atoms with Gasteiger partial charge in [-0.3, -0.25) is 9.97 Å². The van der Waals surface area contributed by atoms with Crippen LogP contribution in [0.1, 0.15) is 11.1 Å². The predicted octanol–water partition coefficient (Wildman–Crippen LogP) is 9.93. The third kappa shape index (κ3) is 7.70. The van der Waals surface area contributed by atoms with Gasteiger partial charge in [-0.15, -0.1) is 0 Å². The molecule has 1 aliphatic carbocycles. The Hall–Kier alpha value is -6.70. The summed E-state index contributed by atoms with van der Waals surface area (Å²) in [5.41, 5.74) is 11.6. The van der Waals surface area contributed by atoms with Crippen molar-refractivity contribution in [3.05, 3.63) is 182 Å². The van der Waals surface area contributed by atoms with Crippen LogP contribution in [0.25, 0.3) is 78.0 Å². The molecule has 1 aliphatic rings. The Labute approximate surface area is 330 Å². The second-order valence-electron chi connectivity index (χ2n) is 12.8. The first-order valence-electron chi connectivity index (χ1n) is 17.8. The Morgan fingerprint density at radius 3 is 1.20 bits per heavy atom. The number of hydrogen-bond donors (Lipinski definition) is 0. The average molecular weight is 798 g/mol. The third-order valence-electron chi connectivity index (χ3n) is 9.28. The molecular weight excluding hydrogens is 766 g/mol. The van der Waals surface area contributed by atoms with E-state index in [1.807, 2.05) is 97.1 Å². The van der Waals surface area contributed by atoms with Crippen molar-refractivity contribution < 1.29 is 19.5 Å². The average Bonchev–Trinajstić information content (AvgIpc) is 3.26. The maximum atomic E-state index is 4.76. The monoisotopic (exact) mass is 798 g/mol. The Balaban J connectivity index is 0.000000120. The minimum absolute atomic E-state index is 0. The molecule has 9 heteroatoms. The molecule has 0 fully saturated rings.